The minimum atomic E-state index is -0.550. The molecule has 0 bridgehead atoms. The second-order valence-corrected chi connectivity index (χ2v) is 5.00. The molecule has 3 nitrogen and oxygen atoms in total. The third-order valence-corrected chi connectivity index (χ3v) is 2.59. The molecule has 1 rings (SSSR count). The summed E-state index contributed by atoms with van der Waals surface area (Å²) >= 11 is 0. The van der Waals surface area contributed by atoms with Crippen molar-refractivity contribution in [1.82, 2.24) is 0 Å². The van der Waals surface area contributed by atoms with Gasteiger partial charge in [-0.05, 0) is 12.3 Å². The summed E-state index contributed by atoms with van der Waals surface area (Å²) < 4.78 is 5.58. The normalized spacial score (nSPS) is 42.0. The van der Waals surface area contributed by atoms with E-state index in [0.717, 1.165) is 0 Å². The fraction of sp³-hybridized carbons (Fsp3) is 1.00. The maximum atomic E-state index is 9.71. The Labute approximate surface area is 79.7 Å². The lowest BCUT2D eigenvalue weighted by molar-refractivity contribution is -0.192. The van der Waals surface area contributed by atoms with Gasteiger partial charge in [-0.1, -0.05) is 20.8 Å². The molecule has 0 aliphatic carbocycles. The van der Waals surface area contributed by atoms with E-state index in [1.807, 2.05) is 27.7 Å². The van der Waals surface area contributed by atoms with Gasteiger partial charge in [-0.3, -0.25) is 0 Å². The first kappa shape index (κ1) is 11.0. The van der Waals surface area contributed by atoms with Crippen LogP contribution < -0.4 is 0 Å². The summed E-state index contributed by atoms with van der Waals surface area (Å²) in [5.74, 6) is 0. The zero-order chi connectivity index (χ0) is 10.2. The Morgan fingerprint density at radius 1 is 1.15 bits per heavy atom. The van der Waals surface area contributed by atoms with E-state index >= 15 is 0 Å². The van der Waals surface area contributed by atoms with Gasteiger partial charge in [0.2, 0.25) is 0 Å². The summed E-state index contributed by atoms with van der Waals surface area (Å²) in [5.41, 5.74) is -0.0756. The summed E-state index contributed by atoms with van der Waals surface area (Å²) in [6, 6.07) is 0. The van der Waals surface area contributed by atoms with Crippen LogP contribution in [0.1, 0.15) is 34.1 Å². The Morgan fingerprint density at radius 3 is 2.15 bits per heavy atom. The lowest BCUT2D eigenvalue weighted by Gasteiger charge is -2.42. The van der Waals surface area contributed by atoms with E-state index in [1.54, 1.807) is 0 Å². The van der Waals surface area contributed by atoms with Gasteiger partial charge < -0.3 is 14.9 Å². The zero-order valence-corrected chi connectivity index (χ0v) is 8.82. The molecule has 2 N–H and O–H groups in total. The molecule has 0 spiro atoms. The third-order valence-electron chi connectivity index (χ3n) is 2.59. The topological polar surface area (TPSA) is 49.7 Å². The molecule has 1 heterocycles. The van der Waals surface area contributed by atoms with Gasteiger partial charge in [-0.2, -0.15) is 0 Å². The summed E-state index contributed by atoms with van der Waals surface area (Å²) in [6.07, 6.45) is -1.01. The highest BCUT2D eigenvalue weighted by Crippen LogP contribution is 2.32. The van der Waals surface area contributed by atoms with Crippen molar-refractivity contribution in [1.29, 1.82) is 0 Å². The molecule has 13 heavy (non-hydrogen) atoms. The molecular weight excluding hydrogens is 168 g/mol. The molecule has 1 unspecified atom stereocenters. The quantitative estimate of drug-likeness (QED) is 0.594. The second kappa shape index (κ2) is 3.56. The Bertz CT molecular complexity index is 173. The van der Waals surface area contributed by atoms with E-state index in [2.05, 4.69) is 0 Å². The maximum absolute atomic E-state index is 9.71. The van der Waals surface area contributed by atoms with Crippen LogP contribution in [-0.4, -0.2) is 34.6 Å². The Balaban J connectivity index is 2.67. The van der Waals surface area contributed by atoms with Crippen molar-refractivity contribution in [3.05, 3.63) is 0 Å². The van der Waals surface area contributed by atoms with Gasteiger partial charge in [0.1, 0.15) is 0 Å². The number of aliphatic hydroxyl groups excluding tert-OH is 2. The van der Waals surface area contributed by atoms with E-state index in [1.165, 1.54) is 0 Å². The lowest BCUT2D eigenvalue weighted by Crippen LogP contribution is -2.51. The van der Waals surface area contributed by atoms with Gasteiger partial charge in [0.25, 0.3) is 0 Å². The van der Waals surface area contributed by atoms with Gasteiger partial charge in [-0.15, -0.1) is 0 Å². The van der Waals surface area contributed by atoms with Crippen LogP contribution in [0, 0.1) is 5.41 Å². The van der Waals surface area contributed by atoms with Gasteiger partial charge in [0, 0.05) is 6.42 Å². The molecule has 0 radical (unpaired) electrons. The number of rotatable bonds is 0. The first-order valence-electron chi connectivity index (χ1n) is 4.84. The number of hydrogen-bond donors (Lipinski definition) is 2. The highest BCUT2D eigenvalue weighted by atomic mass is 16.5. The smallest absolute Gasteiger partial charge is 0.0887 e. The summed E-state index contributed by atoms with van der Waals surface area (Å²) in [7, 11) is 0. The van der Waals surface area contributed by atoms with Gasteiger partial charge in [-0.25, -0.2) is 0 Å². The maximum Gasteiger partial charge on any atom is 0.0887 e. The standard InChI is InChI=1S/C10H20O3/c1-6-7(11)5-8(12)9(13-6)10(2,3)4/h6-9,11-12H,5H2,1-4H3/t6?,7-,8+,9-/m1/s1. The molecule has 1 saturated heterocycles. The van der Waals surface area contributed by atoms with Crippen LogP contribution in [0.4, 0.5) is 0 Å². The largest absolute Gasteiger partial charge is 0.390 e. The summed E-state index contributed by atoms with van der Waals surface area (Å²) in [5, 5.41) is 19.2. The van der Waals surface area contributed by atoms with E-state index in [-0.39, 0.29) is 17.6 Å². The van der Waals surface area contributed by atoms with Crippen molar-refractivity contribution in [2.45, 2.75) is 58.5 Å². The summed E-state index contributed by atoms with van der Waals surface area (Å²) in [4.78, 5) is 0. The average Bonchev–Trinajstić information content (AvgIpc) is 1.94. The van der Waals surface area contributed by atoms with Crippen LogP contribution in [0.15, 0.2) is 0 Å². The zero-order valence-electron chi connectivity index (χ0n) is 8.82. The van der Waals surface area contributed by atoms with Gasteiger partial charge >= 0.3 is 0 Å². The highest BCUT2D eigenvalue weighted by Gasteiger charge is 2.40. The molecule has 3 heteroatoms. The molecule has 0 aromatic rings. The first-order valence-corrected chi connectivity index (χ1v) is 4.84. The average molecular weight is 188 g/mol. The molecule has 78 valence electrons. The van der Waals surface area contributed by atoms with E-state index in [0.29, 0.717) is 6.42 Å². The molecule has 1 fully saturated rings. The Kier molecular flexibility index (Phi) is 3.00. The fourth-order valence-corrected chi connectivity index (χ4v) is 1.76. The monoisotopic (exact) mass is 188 g/mol. The van der Waals surface area contributed by atoms with Crippen LogP contribution in [0.5, 0.6) is 0 Å². The SMILES string of the molecule is CC1O[C@@H](C(C)(C)C)[C@@H](O)C[C@H]1O. The number of ether oxygens (including phenoxy) is 1. The van der Waals surface area contributed by atoms with Crippen molar-refractivity contribution >= 4 is 0 Å². The van der Waals surface area contributed by atoms with Gasteiger partial charge in [0.05, 0.1) is 24.4 Å². The van der Waals surface area contributed by atoms with Crippen LogP contribution in [0.3, 0.4) is 0 Å². The molecular formula is C10H20O3. The first-order chi connectivity index (χ1) is 5.82. The van der Waals surface area contributed by atoms with Crippen LogP contribution in [0.2, 0.25) is 0 Å². The second-order valence-electron chi connectivity index (χ2n) is 5.00. The molecule has 4 atom stereocenters. The van der Waals surface area contributed by atoms with Crippen molar-refractivity contribution in [3.8, 4) is 0 Å². The molecule has 0 amide bonds. The van der Waals surface area contributed by atoms with E-state index < -0.39 is 12.2 Å². The van der Waals surface area contributed by atoms with Crippen molar-refractivity contribution in [3.63, 3.8) is 0 Å². The third kappa shape index (κ3) is 2.42. The van der Waals surface area contributed by atoms with Crippen LogP contribution in [0.25, 0.3) is 0 Å². The van der Waals surface area contributed by atoms with Crippen molar-refractivity contribution in [2.75, 3.05) is 0 Å². The minimum Gasteiger partial charge on any atom is -0.390 e. The number of aliphatic hydroxyl groups is 2. The minimum absolute atomic E-state index is 0.0756. The van der Waals surface area contributed by atoms with Crippen molar-refractivity contribution < 1.29 is 14.9 Å². The lowest BCUT2D eigenvalue weighted by atomic mass is 9.81. The van der Waals surface area contributed by atoms with Gasteiger partial charge in [0.15, 0.2) is 0 Å². The molecule has 1 aliphatic heterocycles. The van der Waals surface area contributed by atoms with Crippen LogP contribution >= 0.6 is 0 Å². The predicted octanol–water partition coefficient (Wildman–Crippen LogP) is 0.932. The van der Waals surface area contributed by atoms with Crippen LogP contribution in [-0.2, 0) is 4.74 Å². The molecule has 0 aromatic carbocycles. The fourth-order valence-electron chi connectivity index (χ4n) is 1.76. The Morgan fingerprint density at radius 2 is 1.69 bits per heavy atom. The highest BCUT2D eigenvalue weighted by molar-refractivity contribution is 4.89. The van der Waals surface area contributed by atoms with E-state index in [4.69, 9.17) is 4.74 Å². The molecule has 0 aromatic heterocycles. The van der Waals surface area contributed by atoms with Crippen molar-refractivity contribution in [2.24, 2.45) is 5.41 Å². The molecule has 1 aliphatic rings. The summed E-state index contributed by atoms with van der Waals surface area (Å²) in [6.45, 7) is 7.94. The Hall–Kier alpha value is -0.120. The van der Waals surface area contributed by atoms with E-state index in [9.17, 15) is 10.2 Å². The number of hydrogen-bond acceptors (Lipinski definition) is 3. The predicted molar refractivity (Wildman–Crippen MR) is 50.4 cm³/mol. The molecule has 0 saturated carbocycles.